The molecule has 3 saturated heterocycles. The molecule has 6 rings (SSSR count). The molecule has 2 atom stereocenters. The molecule has 1 N–H and O–H groups in total. The van der Waals surface area contributed by atoms with Crippen molar-refractivity contribution in [1.82, 2.24) is 15.1 Å². The second-order valence-corrected chi connectivity index (χ2v) is 12.0. The number of carbonyl (C=O) groups is 2. The molecular weight excluding hydrogens is 468 g/mol. The van der Waals surface area contributed by atoms with Crippen molar-refractivity contribution in [3.63, 3.8) is 0 Å². The number of nitrogens with zero attached hydrogens (tertiary/aromatic N) is 3. The third-order valence-electron chi connectivity index (χ3n) is 8.21. The number of fused-ring (bicyclic) bond motifs is 1. The number of halogens is 1. The highest BCUT2D eigenvalue weighted by molar-refractivity contribution is 7.18. The fourth-order valence-electron chi connectivity index (χ4n) is 6.00. The minimum Gasteiger partial charge on any atom is -0.346 e. The largest absolute Gasteiger partial charge is 0.346 e. The fourth-order valence-corrected chi connectivity index (χ4v) is 6.94. The molecule has 4 fully saturated rings. The van der Waals surface area contributed by atoms with Crippen LogP contribution in [0.15, 0.2) is 36.4 Å². The number of anilines is 1. The summed E-state index contributed by atoms with van der Waals surface area (Å²) in [5.41, 5.74) is 2.71. The van der Waals surface area contributed by atoms with Crippen LogP contribution in [0.4, 0.5) is 5.69 Å². The summed E-state index contributed by atoms with van der Waals surface area (Å²) in [5.74, 6) is -0.0713. The summed E-state index contributed by atoms with van der Waals surface area (Å²) in [5, 5.41) is 3.08. The lowest BCUT2D eigenvalue weighted by molar-refractivity contribution is -0.119. The standard InChI is InChI=1S/C26H31ClN4O2S/c27-22-8-7-21(34-22)24(32)28-20-9-15-30-17-31(25(33)23(20)30)19-5-3-18(4-6-19)26(10-11-26)12-16-29-13-1-2-14-29/h3-8,20,23H,1-2,9-17H2,(H,28,32)/t20-,23+/m1/s1. The van der Waals surface area contributed by atoms with Gasteiger partial charge in [0.1, 0.15) is 6.04 Å². The van der Waals surface area contributed by atoms with Crippen molar-refractivity contribution in [1.29, 1.82) is 0 Å². The van der Waals surface area contributed by atoms with E-state index in [1.165, 1.54) is 68.6 Å². The van der Waals surface area contributed by atoms with Crippen LogP contribution in [0.2, 0.25) is 4.34 Å². The summed E-state index contributed by atoms with van der Waals surface area (Å²) in [4.78, 5) is 33.2. The first-order chi connectivity index (χ1) is 16.5. The zero-order valence-electron chi connectivity index (χ0n) is 19.3. The van der Waals surface area contributed by atoms with Crippen LogP contribution >= 0.6 is 22.9 Å². The first-order valence-corrected chi connectivity index (χ1v) is 13.7. The van der Waals surface area contributed by atoms with Gasteiger partial charge in [0.2, 0.25) is 5.91 Å². The quantitative estimate of drug-likeness (QED) is 0.624. The van der Waals surface area contributed by atoms with E-state index in [2.05, 4.69) is 39.4 Å². The minimum absolute atomic E-state index is 0.0786. The van der Waals surface area contributed by atoms with Gasteiger partial charge in [0.05, 0.1) is 21.9 Å². The Labute approximate surface area is 209 Å². The first kappa shape index (κ1) is 22.5. The Balaban J connectivity index is 1.10. The molecule has 1 aromatic carbocycles. The molecule has 4 aliphatic rings. The van der Waals surface area contributed by atoms with Crippen LogP contribution in [-0.4, -0.2) is 66.5 Å². The van der Waals surface area contributed by atoms with E-state index in [9.17, 15) is 9.59 Å². The van der Waals surface area contributed by atoms with Gasteiger partial charge in [-0.1, -0.05) is 23.7 Å². The predicted octanol–water partition coefficient (Wildman–Crippen LogP) is 4.10. The van der Waals surface area contributed by atoms with Crippen molar-refractivity contribution in [2.24, 2.45) is 0 Å². The van der Waals surface area contributed by atoms with Crippen LogP contribution in [0, 0.1) is 0 Å². The van der Waals surface area contributed by atoms with Gasteiger partial charge in [-0.05, 0) is 93.4 Å². The maximum absolute atomic E-state index is 13.4. The highest BCUT2D eigenvalue weighted by atomic mass is 35.5. The zero-order valence-corrected chi connectivity index (χ0v) is 20.9. The summed E-state index contributed by atoms with van der Waals surface area (Å²) in [6, 6.07) is 11.7. The number of likely N-dealkylation sites (tertiary alicyclic amines) is 1. The Bertz CT molecular complexity index is 1080. The molecule has 1 aromatic heterocycles. The van der Waals surface area contributed by atoms with Gasteiger partial charge in [-0.15, -0.1) is 11.3 Å². The average Bonchev–Trinajstić information content (AvgIpc) is 3.25. The smallest absolute Gasteiger partial charge is 0.261 e. The topological polar surface area (TPSA) is 55.9 Å². The van der Waals surface area contributed by atoms with E-state index >= 15 is 0 Å². The monoisotopic (exact) mass is 498 g/mol. The number of nitrogens with one attached hydrogen (secondary N) is 1. The molecule has 6 nitrogen and oxygen atoms in total. The summed E-state index contributed by atoms with van der Waals surface area (Å²) in [6.07, 6.45) is 7.26. The van der Waals surface area contributed by atoms with Gasteiger partial charge in [-0.2, -0.15) is 0 Å². The number of hydrogen-bond acceptors (Lipinski definition) is 5. The molecule has 8 heteroatoms. The molecule has 2 aromatic rings. The highest BCUT2D eigenvalue weighted by Crippen LogP contribution is 2.51. The van der Waals surface area contributed by atoms with Crippen molar-refractivity contribution >= 4 is 40.4 Å². The Morgan fingerprint density at radius 2 is 1.85 bits per heavy atom. The van der Waals surface area contributed by atoms with Crippen molar-refractivity contribution < 1.29 is 9.59 Å². The summed E-state index contributed by atoms with van der Waals surface area (Å²) < 4.78 is 0.591. The number of benzene rings is 1. The average molecular weight is 499 g/mol. The summed E-state index contributed by atoms with van der Waals surface area (Å²) >= 11 is 7.24. The molecule has 0 unspecified atom stereocenters. The maximum atomic E-state index is 13.4. The van der Waals surface area contributed by atoms with Crippen LogP contribution in [0.1, 0.15) is 53.8 Å². The van der Waals surface area contributed by atoms with Crippen molar-refractivity contribution in [3.8, 4) is 0 Å². The van der Waals surface area contributed by atoms with Gasteiger partial charge < -0.3 is 10.2 Å². The number of amides is 2. The molecule has 0 radical (unpaired) electrons. The van der Waals surface area contributed by atoms with Gasteiger partial charge in [-0.3, -0.25) is 19.4 Å². The summed E-state index contributed by atoms with van der Waals surface area (Å²) in [6.45, 7) is 5.10. The minimum atomic E-state index is -0.297. The Morgan fingerprint density at radius 1 is 1.09 bits per heavy atom. The van der Waals surface area contributed by atoms with E-state index in [0.717, 1.165) is 18.7 Å². The Hall–Kier alpha value is -1.93. The van der Waals surface area contributed by atoms with Crippen LogP contribution < -0.4 is 10.2 Å². The third kappa shape index (κ3) is 4.17. The molecule has 1 saturated carbocycles. The SMILES string of the molecule is O=C(N[C@@H]1CCN2CN(c3ccc(C4(CCN5CCCC5)CC4)cc3)C(=O)[C@H]12)c1ccc(Cl)s1. The van der Waals surface area contributed by atoms with Crippen LogP contribution in [0.5, 0.6) is 0 Å². The van der Waals surface area contributed by atoms with E-state index in [0.29, 0.717) is 21.3 Å². The number of thiophene rings is 1. The second kappa shape index (κ2) is 8.94. The van der Waals surface area contributed by atoms with Gasteiger partial charge in [0.15, 0.2) is 0 Å². The van der Waals surface area contributed by atoms with Crippen LogP contribution in [0.25, 0.3) is 0 Å². The predicted molar refractivity (Wildman–Crippen MR) is 136 cm³/mol. The van der Waals surface area contributed by atoms with Crippen LogP contribution in [0.3, 0.4) is 0 Å². The molecule has 1 aliphatic carbocycles. The van der Waals surface area contributed by atoms with E-state index < -0.39 is 0 Å². The van der Waals surface area contributed by atoms with E-state index in [-0.39, 0.29) is 23.9 Å². The molecule has 0 spiro atoms. The third-order valence-corrected chi connectivity index (χ3v) is 9.44. The molecule has 4 heterocycles. The van der Waals surface area contributed by atoms with Gasteiger partial charge in [-0.25, -0.2) is 0 Å². The number of rotatable bonds is 7. The van der Waals surface area contributed by atoms with Crippen LogP contribution in [-0.2, 0) is 10.2 Å². The fraction of sp³-hybridized carbons (Fsp3) is 0.538. The molecular formula is C26H31ClN4O2S. The second-order valence-electron chi connectivity index (χ2n) is 10.3. The lowest BCUT2D eigenvalue weighted by Crippen LogP contribution is -2.46. The molecule has 2 amide bonds. The lowest BCUT2D eigenvalue weighted by atomic mass is 9.92. The maximum Gasteiger partial charge on any atom is 0.261 e. The lowest BCUT2D eigenvalue weighted by Gasteiger charge is -2.23. The normalized spacial score (nSPS) is 26.3. The van der Waals surface area contributed by atoms with Crippen molar-refractivity contribution in [3.05, 3.63) is 51.2 Å². The van der Waals surface area contributed by atoms with Gasteiger partial charge in [0.25, 0.3) is 5.91 Å². The highest BCUT2D eigenvalue weighted by Gasteiger charge is 2.48. The molecule has 180 valence electrons. The van der Waals surface area contributed by atoms with E-state index in [1.54, 1.807) is 12.1 Å². The van der Waals surface area contributed by atoms with Crippen molar-refractivity contribution in [2.45, 2.75) is 56.0 Å². The Morgan fingerprint density at radius 3 is 2.53 bits per heavy atom. The molecule has 34 heavy (non-hydrogen) atoms. The number of carbonyl (C=O) groups excluding carboxylic acids is 2. The molecule has 0 bridgehead atoms. The van der Waals surface area contributed by atoms with Crippen molar-refractivity contribution in [2.75, 3.05) is 37.7 Å². The van der Waals surface area contributed by atoms with E-state index in [4.69, 9.17) is 11.6 Å². The number of hydrogen-bond donors (Lipinski definition) is 1. The van der Waals surface area contributed by atoms with Gasteiger partial charge >= 0.3 is 0 Å². The first-order valence-electron chi connectivity index (χ1n) is 12.5. The summed E-state index contributed by atoms with van der Waals surface area (Å²) in [7, 11) is 0. The molecule has 3 aliphatic heterocycles. The zero-order chi connectivity index (χ0) is 23.3. The van der Waals surface area contributed by atoms with E-state index in [1.807, 2.05) is 4.90 Å². The van der Waals surface area contributed by atoms with Gasteiger partial charge in [0, 0.05) is 12.2 Å². The Kier molecular flexibility index (Phi) is 5.92.